The van der Waals surface area contributed by atoms with Gasteiger partial charge in [-0.2, -0.15) is 0 Å². The molecular weight excluding hydrogens is 224 g/mol. The van der Waals surface area contributed by atoms with Gasteiger partial charge in [-0.25, -0.2) is 13.8 Å². The van der Waals surface area contributed by atoms with Crippen molar-refractivity contribution in [1.82, 2.24) is 4.90 Å². The fourth-order valence-electron chi connectivity index (χ4n) is 1.59. The smallest absolute Gasteiger partial charge is 0.263 e. The maximum absolute atomic E-state index is 12.3. The first-order chi connectivity index (χ1) is 8.16. The maximum Gasteiger partial charge on any atom is 0.263 e. The Kier molecular flexibility index (Phi) is 3.56. The number of rotatable bonds is 3. The van der Waals surface area contributed by atoms with Crippen molar-refractivity contribution < 1.29 is 8.78 Å². The van der Waals surface area contributed by atoms with E-state index in [9.17, 15) is 8.78 Å². The molecule has 0 atom stereocenters. The lowest BCUT2D eigenvalue weighted by Crippen LogP contribution is -2.46. The van der Waals surface area contributed by atoms with Gasteiger partial charge in [0, 0.05) is 18.7 Å². The molecule has 0 aromatic heterocycles. The number of hydrogen-bond donors (Lipinski definition) is 1. The summed E-state index contributed by atoms with van der Waals surface area (Å²) in [6.45, 7) is 2.35. The van der Waals surface area contributed by atoms with Crippen molar-refractivity contribution in [1.29, 1.82) is 0 Å². The minimum absolute atomic E-state index is 0.0356. The van der Waals surface area contributed by atoms with Gasteiger partial charge in [-0.15, -0.1) is 0 Å². The molecule has 0 amide bonds. The van der Waals surface area contributed by atoms with Crippen LogP contribution in [0.4, 0.5) is 8.78 Å². The van der Waals surface area contributed by atoms with E-state index in [-0.39, 0.29) is 5.56 Å². The van der Waals surface area contributed by atoms with Gasteiger partial charge in [0.15, 0.2) is 5.96 Å². The topological polar surface area (TPSA) is 41.6 Å². The summed E-state index contributed by atoms with van der Waals surface area (Å²) >= 11 is 0. The van der Waals surface area contributed by atoms with Crippen molar-refractivity contribution in [2.24, 2.45) is 10.7 Å². The molecule has 1 aromatic carbocycles. The summed E-state index contributed by atoms with van der Waals surface area (Å²) in [7, 11) is 0. The summed E-state index contributed by atoms with van der Waals surface area (Å²) in [4.78, 5) is 6.22. The van der Waals surface area contributed by atoms with E-state index in [0.717, 1.165) is 25.1 Å². The lowest BCUT2D eigenvalue weighted by Gasteiger charge is -2.31. The van der Waals surface area contributed by atoms with Crippen LogP contribution >= 0.6 is 0 Å². The van der Waals surface area contributed by atoms with Crippen molar-refractivity contribution in [2.45, 2.75) is 19.4 Å². The minimum Gasteiger partial charge on any atom is -0.370 e. The second-order valence-electron chi connectivity index (χ2n) is 4.06. The van der Waals surface area contributed by atoms with E-state index >= 15 is 0 Å². The molecule has 0 bridgehead atoms. The highest BCUT2D eigenvalue weighted by Gasteiger charge is 2.15. The summed E-state index contributed by atoms with van der Waals surface area (Å²) < 4.78 is 24.6. The summed E-state index contributed by atoms with van der Waals surface area (Å²) in [5, 5.41) is 0. The average Bonchev–Trinajstić information content (AvgIpc) is 2.24. The van der Waals surface area contributed by atoms with E-state index in [1.54, 1.807) is 12.1 Å². The van der Waals surface area contributed by atoms with Crippen LogP contribution in [0.1, 0.15) is 24.0 Å². The van der Waals surface area contributed by atoms with Crippen molar-refractivity contribution in [3.05, 3.63) is 35.4 Å². The monoisotopic (exact) mass is 239 g/mol. The van der Waals surface area contributed by atoms with Gasteiger partial charge >= 0.3 is 0 Å². The van der Waals surface area contributed by atoms with Gasteiger partial charge in [0.25, 0.3) is 6.43 Å². The number of nitrogens with two attached hydrogens (primary N) is 1. The van der Waals surface area contributed by atoms with Crippen LogP contribution in [0.2, 0.25) is 0 Å². The van der Waals surface area contributed by atoms with E-state index in [1.807, 2.05) is 4.90 Å². The number of likely N-dealkylation sites (tertiary alicyclic amines) is 1. The molecule has 1 aromatic rings. The van der Waals surface area contributed by atoms with Crippen molar-refractivity contribution in [2.75, 3.05) is 13.1 Å². The highest BCUT2D eigenvalue weighted by Crippen LogP contribution is 2.18. The second-order valence-corrected chi connectivity index (χ2v) is 4.06. The van der Waals surface area contributed by atoms with E-state index in [2.05, 4.69) is 4.99 Å². The fourth-order valence-corrected chi connectivity index (χ4v) is 1.59. The molecule has 5 heteroatoms. The summed E-state index contributed by atoms with van der Waals surface area (Å²) in [5.74, 6) is 0.536. The molecule has 0 spiro atoms. The van der Waals surface area contributed by atoms with Gasteiger partial charge in [-0.1, -0.05) is 24.3 Å². The number of halogens is 2. The highest BCUT2D eigenvalue weighted by molar-refractivity contribution is 5.78. The zero-order valence-corrected chi connectivity index (χ0v) is 9.44. The molecule has 3 nitrogen and oxygen atoms in total. The molecule has 0 radical (unpaired) electrons. The Balaban J connectivity index is 1.94. The zero-order chi connectivity index (χ0) is 12.3. The fraction of sp³-hybridized carbons (Fsp3) is 0.417. The summed E-state index contributed by atoms with van der Waals surface area (Å²) in [6, 6.07) is 6.17. The number of aliphatic imine (C=N–C) groups is 1. The van der Waals surface area contributed by atoms with E-state index in [4.69, 9.17) is 5.73 Å². The van der Waals surface area contributed by atoms with Crippen LogP contribution in [0.3, 0.4) is 0 Å². The first kappa shape index (κ1) is 11.8. The number of benzene rings is 1. The van der Waals surface area contributed by atoms with Crippen LogP contribution in [0.15, 0.2) is 29.3 Å². The Hall–Kier alpha value is -1.65. The summed E-state index contributed by atoms with van der Waals surface area (Å²) in [6.07, 6.45) is -1.27. The van der Waals surface area contributed by atoms with Crippen LogP contribution in [-0.4, -0.2) is 23.9 Å². The molecule has 1 aliphatic heterocycles. The van der Waals surface area contributed by atoms with Crippen molar-refractivity contribution in [3.8, 4) is 0 Å². The van der Waals surface area contributed by atoms with Crippen molar-refractivity contribution >= 4 is 5.96 Å². The first-order valence-electron chi connectivity index (χ1n) is 5.58. The van der Waals surface area contributed by atoms with E-state index < -0.39 is 6.43 Å². The third-order valence-corrected chi connectivity index (χ3v) is 2.84. The van der Waals surface area contributed by atoms with Crippen molar-refractivity contribution in [3.63, 3.8) is 0 Å². The molecule has 0 saturated carbocycles. The van der Waals surface area contributed by atoms with Gasteiger partial charge in [-0.3, -0.25) is 0 Å². The van der Waals surface area contributed by atoms with Crippen LogP contribution in [0.5, 0.6) is 0 Å². The van der Waals surface area contributed by atoms with Gasteiger partial charge in [0.05, 0.1) is 6.54 Å². The largest absolute Gasteiger partial charge is 0.370 e. The quantitative estimate of drug-likeness (QED) is 0.648. The first-order valence-corrected chi connectivity index (χ1v) is 5.58. The molecule has 2 N–H and O–H groups in total. The molecule has 1 saturated heterocycles. The molecule has 1 fully saturated rings. The Labute approximate surface area is 98.9 Å². The normalized spacial score (nSPS) is 16.2. The highest BCUT2D eigenvalue weighted by atomic mass is 19.3. The molecule has 17 heavy (non-hydrogen) atoms. The number of nitrogens with zero attached hydrogens (tertiary/aromatic N) is 2. The SMILES string of the molecule is NC(=NCc1ccc(C(F)F)cc1)N1CCC1. The third-order valence-electron chi connectivity index (χ3n) is 2.84. The number of guanidine groups is 1. The van der Waals surface area contributed by atoms with Crippen LogP contribution in [0.25, 0.3) is 0 Å². The van der Waals surface area contributed by atoms with Gasteiger partial charge in [0.1, 0.15) is 0 Å². The summed E-state index contributed by atoms with van der Waals surface area (Å²) in [5.41, 5.74) is 6.68. The molecule has 1 heterocycles. The molecular formula is C12H15F2N3. The van der Waals surface area contributed by atoms with Crippen LogP contribution in [0, 0.1) is 0 Å². The Bertz CT molecular complexity index is 397. The van der Waals surface area contributed by atoms with Gasteiger partial charge in [-0.05, 0) is 12.0 Å². The van der Waals surface area contributed by atoms with E-state index in [1.165, 1.54) is 12.1 Å². The minimum atomic E-state index is -2.42. The Morgan fingerprint density at radius 2 is 1.94 bits per heavy atom. The number of hydrogen-bond acceptors (Lipinski definition) is 1. The van der Waals surface area contributed by atoms with E-state index in [0.29, 0.717) is 12.5 Å². The molecule has 2 rings (SSSR count). The predicted molar refractivity (Wildman–Crippen MR) is 62.9 cm³/mol. The lowest BCUT2D eigenvalue weighted by atomic mass is 10.1. The predicted octanol–water partition coefficient (Wildman–Crippen LogP) is 2.14. The van der Waals surface area contributed by atoms with Gasteiger partial charge < -0.3 is 10.6 Å². The standard InChI is InChI=1S/C12H15F2N3/c13-11(14)10-4-2-9(3-5-10)8-16-12(15)17-6-1-7-17/h2-5,11H,1,6-8H2,(H2,15,16). The maximum atomic E-state index is 12.3. The zero-order valence-electron chi connectivity index (χ0n) is 9.44. The Morgan fingerprint density at radius 3 is 2.41 bits per heavy atom. The van der Waals surface area contributed by atoms with Gasteiger partial charge in [0.2, 0.25) is 0 Å². The number of alkyl halides is 2. The second kappa shape index (κ2) is 5.12. The molecule has 92 valence electrons. The molecule has 1 aliphatic rings. The average molecular weight is 239 g/mol. The lowest BCUT2D eigenvalue weighted by molar-refractivity contribution is 0.151. The molecule has 0 aliphatic carbocycles. The third kappa shape index (κ3) is 2.93. The Morgan fingerprint density at radius 1 is 1.29 bits per heavy atom. The van der Waals surface area contributed by atoms with Crippen LogP contribution in [-0.2, 0) is 6.54 Å². The molecule has 0 unspecified atom stereocenters. The van der Waals surface area contributed by atoms with Crippen LogP contribution < -0.4 is 5.73 Å².